The third-order valence-electron chi connectivity index (χ3n) is 2.89. The molecule has 0 aromatic heterocycles. The van der Waals surface area contributed by atoms with Gasteiger partial charge in [-0.2, -0.15) is 0 Å². The Labute approximate surface area is 102 Å². The van der Waals surface area contributed by atoms with Crippen molar-refractivity contribution in [1.29, 1.82) is 0 Å². The SMILES string of the molecule is CC(C)c1ccc(S(=O)(=O)C2CC2)cc1Cl. The summed E-state index contributed by atoms with van der Waals surface area (Å²) >= 11 is 6.09. The number of halogens is 1. The van der Waals surface area contributed by atoms with Crippen molar-refractivity contribution in [2.24, 2.45) is 0 Å². The highest BCUT2D eigenvalue weighted by atomic mass is 35.5. The summed E-state index contributed by atoms with van der Waals surface area (Å²) in [4.78, 5) is 0.365. The van der Waals surface area contributed by atoms with Crippen LogP contribution in [0.3, 0.4) is 0 Å². The Kier molecular flexibility index (Phi) is 3.01. The summed E-state index contributed by atoms with van der Waals surface area (Å²) in [5.41, 5.74) is 0.997. The van der Waals surface area contributed by atoms with Gasteiger partial charge in [0.15, 0.2) is 9.84 Å². The molecule has 0 spiro atoms. The van der Waals surface area contributed by atoms with Gasteiger partial charge < -0.3 is 0 Å². The Morgan fingerprint density at radius 2 is 1.94 bits per heavy atom. The van der Waals surface area contributed by atoms with Crippen LogP contribution in [-0.2, 0) is 9.84 Å². The molecule has 16 heavy (non-hydrogen) atoms. The molecule has 0 unspecified atom stereocenters. The molecule has 0 amide bonds. The van der Waals surface area contributed by atoms with Gasteiger partial charge in [0.1, 0.15) is 0 Å². The molecule has 1 saturated carbocycles. The number of sulfone groups is 1. The van der Waals surface area contributed by atoms with Crippen LogP contribution < -0.4 is 0 Å². The fourth-order valence-electron chi connectivity index (χ4n) is 1.72. The predicted molar refractivity (Wildman–Crippen MR) is 65.7 cm³/mol. The van der Waals surface area contributed by atoms with Gasteiger partial charge in [0.25, 0.3) is 0 Å². The Morgan fingerprint density at radius 1 is 1.31 bits per heavy atom. The fraction of sp³-hybridized carbons (Fsp3) is 0.500. The lowest BCUT2D eigenvalue weighted by atomic mass is 10.0. The molecule has 1 aromatic rings. The fourth-order valence-corrected chi connectivity index (χ4v) is 3.87. The van der Waals surface area contributed by atoms with Crippen LogP contribution in [-0.4, -0.2) is 13.7 Å². The van der Waals surface area contributed by atoms with Gasteiger partial charge in [-0.3, -0.25) is 0 Å². The lowest BCUT2D eigenvalue weighted by Gasteiger charge is -2.10. The van der Waals surface area contributed by atoms with Crippen molar-refractivity contribution >= 4 is 21.4 Å². The van der Waals surface area contributed by atoms with Crippen molar-refractivity contribution in [3.8, 4) is 0 Å². The average Bonchev–Trinajstić information content (AvgIpc) is 2.99. The summed E-state index contributed by atoms with van der Waals surface area (Å²) < 4.78 is 23.9. The minimum Gasteiger partial charge on any atom is -0.223 e. The first-order valence-corrected chi connectivity index (χ1v) is 7.38. The number of hydrogen-bond donors (Lipinski definition) is 0. The molecule has 1 aliphatic carbocycles. The third kappa shape index (κ3) is 2.11. The minimum absolute atomic E-state index is 0.173. The normalized spacial score (nSPS) is 16.8. The van der Waals surface area contributed by atoms with Gasteiger partial charge in [-0.05, 0) is 36.5 Å². The van der Waals surface area contributed by atoms with Gasteiger partial charge >= 0.3 is 0 Å². The van der Waals surface area contributed by atoms with Crippen LogP contribution in [0.5, 0.6) is 0 Å². The molecule has 2 nitrogen and oxygen atoms in total. The second-order valence-electron chi connectivity index (χ2n) is 4.58. The van der Waals surface area contributed by atoms with Crippen LogP contribution >= 0.6 is 11.6 Å². The molecule has 2 rings (SSSR count). The highest BCUT2D eigenvalue weighted by Crippen LogP contribution is 2.35. The zero-order chi connectivity index (χ0) is 11.9. The number of rotatable bonds is 3. The van der Waals surface area contributed by atoms with Crippen LogP contribution in [0.4, 0.5) is 0 Å². The molecule has 0 radical (unpaired) electrons. The van der Waals surface area contributed by atoms with Gasteiger partial charge in [0, 0.05) is 5.02 Å². The van der Waals surface area contributed by atoms with Gasteiger partial charge in [-0.25, -0.2) is 8.42 Å². The molecule has 1 aliphatic rings. The van der Waals surface area contributed by atoms with Crippen molar-refractivity contribution in [3.63, 3.8) is 0 Å². The van der Waals surface area contributed by atoms with Crippen LogP contribution in [0.15, 0.2) is 23.1 Å². The molecular weight excluding hydrogens is 244 g/mol. The molecule has 0 heterocycles. The van der Waals surface area contributed by atoms with E-state index in [2.05, 4.69) is 0 Å². The van der Waals surface area contributed by atoms with E-state index in [4.69, 9.17) is 11.6 Å². The molecule has 1 fully saturated rings. The molecule has 1 aromatic carbocycles. The maximum absolute atomic E-state index is 12.0. The molecule has 0 atom stereocenters. The Morgan fingerprint density at radius 3 is 2.38 bits per heavy atom. The highest BCUT2D eigenvalue weighted by Gasteiger charge is 2.37. The Bertz CT molecular complexity index is 502. The van der Waals surface area contributed by atoms with E-state index in [1.807, 2.05) is 19.9 Å². The first kappa shape index (κ1) is 11.9. The summed E-state index contributed by atoms with van der Waals surface area (Å²) in [6.45, 7) is 4.08. The second-order valence-corrected chi connectivity index (χ2v) is 7.22. The minimum atomic E-state index is -3.12. The number of hydrogen-bond acceptors (Lipinski definition) is 2. The van der Waals surface area contributed by atoms with E-state index in [1.54, 1.807) is 12.1 Å². The first-order chi connectivity index (χ1) is 7.43. The van der Waals surface area contributed by atoms with Gasteiger partial charge in [0.05, 0.1) is 10.1 Å². The van der Waals surface area contributed by atoms with E-state index in [-0.39, 0.29) is 5.25 Å². The zero-order valence-electron chi connectivity index (χ0n) is 9.40. The maximum Gasteiger partial charge on any atom is 0.181 e. The second kappa shape index (κ2) is 4.04. The smallest absolute Gasteiger partial charge is 0.181 e. The molecule has 0 N–H and O–H groups in total. The molecule has 0 aliphatic heterocycles. The molecular formula is C12H15ClO2S. The van der Waals surface area contributed by atoms with Gasteiger partial charge in [0.2, 0.25) is 0 Å². The van der Waals surface area contributed by atoms with Crippen LogP contribution in [0.1, 0.15) is 38.2 Å². The van der Waals surface area contributed by atoms with E-state index in [1.165, 1.54) is 0 Å². The molecule has 88 valence electrons. The topological polar surface area (TPSA) is 34.1 Å². The van der Waals surface area contributed by atoms with E-state index in [9.17, 15) is 8.42 Å². The van der Waals surface area contributed by atoms with Gasteiger partial charge in [-0.15, -0.1) is 0 Å². The van der Waals surface area contributed by atoms with Crippen molar-refractivity contribution in [2.45, 2.75) is 42.8 Å². The average molecular weight is 259 g/mol. The van der Waals surface area contributed by atoms with E-state index < -0.39 is 9.84 Å². The van der Waals surface area contributed by atoms with E-state index in [0.29, 0.717) is 15.8 Å². The summed E-state index contributed by atoms with van der Waals surface area (Å²) in [6.07, 6.45) is 1.57. The summed E-state index contributed by atoms with van der Waals surface area (Å²) in [5, 5.41) is 0.380. The summed E-state index contributed by atoms with van der Waals surface area (Å²) in [6, 6.07) is 5.08. The zero-order valence-corrected chi connectivity index (χ0v) is 11.0. The van der Waals surface area contributed by atoms with E-state index >= 15 is 0 Å². The van der Waals surface area contributed by atoms with Crippen molar-refractivity contribution in [3.05, 3.63) is 28.8 Å². The Hall–Kier alpha value is -0.540. The summed E-state index contributed by atoms with van der Waals surface area (Å²) in [7, 11) is -3.12. The van der Waals surface area contributed by atoms with Crippen molar-refractivity contribution in [1.82, 2.24) is 0 Å². The largest absolute Gasteiger partial charge is 0.223 e. The van der Waals surface area contributed by atoms with Crippen molar-refractivity contribution in [2.75, 3.05) is 0 Å². The standard InChI is InChI=1S/C12H15ClO2S/c1-8(2)11-6-5-10(7-12(11)13)16(14,15)9-3-4-9/h5-9H,3-4H2,1-2H3. The first-order valence-electron chi connectivity index (χ1n) is 5.46. The Balaban J connectivity index is 2.41. The maximum atomic E-state index is 12.0. The van der Waals surface area contributed by atoms with E-state index in [0.717, 1.165) is 18.4 Å². The quantitative estimate of drug-likeness (QED) is 0.833. The predicted octanol–water partition coefficient (Wildman–Crippen LogP) is 3.40. The lowest BCUT2D eigenvalue weighted by molar-refractivity contribution is 0.594. The third-order valence-corrected chi connectivity index (χ3v) is 5.47. The van der Waals surface area contributed by atoms with Crippen LogP contribution in [0.25, 0.3) is 0 Å². The number of benzene rings is 1. The molecule has 0 bridgehead atoms. The molecule has 0 saturated heterocycles. The van der Waals surface area contributed by atoms with Crippen molar-refractivity contribution < 1.29 is 8.42 Å². The van der Waals surface area contributed by atoms with Crippen LogP contribution in [0, 0.1) is 0 Å². The monoisotopic (exact) mass is 258 g/mol. The summed E-state index contributed by atoms with van der Waals surface area (Å²) in [5.74, 6) is 0.310. The molecule has 4 heteroatoms. The highest BCUT2D eigenvalue weighted by molar-refractivity contribution is 7.92. The lowest BCUT2D eigenvalue weighted by Crippen LogP contribution is -2.07. The van der Waals surface area contributed by atoms with Gasteiger partial charge in [-0.1, -0.05) is 31.5 Å². The van der Waals surface area contributed by atoms with Crippen LogP contribution in [0.2, 0.25) is 5.02 Å².